The van der Waals surface area contributed by atoms with Crippen LogP contribution in [-0.2, 0) is 6.54 Å². The van der Waals surface area contributed by atoms with E-state index in [1.807, 2.05) is 0 Å². The maximum absolute atomic E-state index is 12.3. The van der Waals surface area contributed by atoms with E-state index < -0.39 is 0 Å². The highest BCUT2D eigenvalue weighted by Crippen LogP contribution is 2.28. The molecule has 0 spiro atoms. The van der Waals surface area contributed by atoms with Gasteiger partial charge in [0, 0.05) is 19.1 Å². The van der Waals surface area contributed by atoms with Crippen LogP contribution in [0.2, 0.25) is 0 Å². The molecule has 1 atom stereocenters. The van der Waals surface area contributed by atoms with Crippen LogP contribution < -0.4 is 5.32 Å². The van der Waals surface area contributed by atoms with Gasteiger partial charge in [0.25, 0.3) is 0 Å². The van der Waals surface area contributed by atoms with Gasteiger partial charge in [0.1, 0.15) is 6.33 Å². The van der Waals surface area contributed by atoms with Crippen LogP contribution in [0, 0.1) is 17.2 Å². The summed E-state index contributed by atoms with van der Waals surface area (Å²) < 4.78 is 2.12. The van der Waals surface area contributed by atoms with Gasteiger partial charge in [-0.2, -0.15) is 5.26 Å². The molecule has 2 heterocycles. The molecule has 2 amide bonds. The Morgan fingerprint density at radius 1 is 1.30 bits per heavy atom. The van der Waals surface area contributed by atoms with Gasteiger partial charge in [-0.15, -0.1) is 10.2 Å². The van der Waals surface area contributed by atoms with Crippen molar-refractivity contribution in [2.45, 2.75) is 57.5 Å². The van der Waals surface area contributed by atoms with Crippen LogP contribution in [0.15, 0.2) is 6.33 Å². The summed E-state index contributed by atoms with van der Waals surface area (Å²) in [7, 11) is 0. The first-order valence-electron chi connectivity index (χ1n) is 8.58. The van der Waals surface area contributed by atoms with Crippen molar-refractivity contribution in [1.29, 1.82) is 5.26 Å². The number of piperidine rings is 1. The van der Waals surface area contributed by atoms with E-state index in [4.69, 9.17) is 5.26 Å². The lowest BCUT2D eigenvalue weighted by atomic mass is 9.95. The number of carbonyl (C=O) groups is 1. The Bertz CT molecular complexity index is 571. The lowest BCUT2D eigenvalue weighted by molar-refractivity contribution is 0.175. The maximum Gasteiger partial charge on any atom is 0.317 e. The molecule has 7 nitrogen and oxygen atoms in total. The van der Waals surface area contributed by atoms with Crippen molar-refractivity contribution in [2.75, 3.05) is 13.1 Å². The van der Waals surface area contributed by atoms with E-state index in [2.05, 4.69) is 26.2 Å². The molecule has 1 aliphatic carbocycles. The molecule has 2 aliphatic rings. The number of urea groups is 1. The fourth-order valence-corrected chi connectivity index (χ4v) is 3.59. The van der Waals surface area contributed by atoms with Gasteiger partial charge in [0.05, 0.1) is 18.5 Å². The highest BCUT2D eigenvalue weighted by Gasteiger charge is 2.24. The lowest BCUT2D eigenvalue weighted by Gasteiger charge is -2.29. The van der Waals surface area contributed by atoms with Crippen LogP contribution in [0.25, 0.3) is 0 Å². The second-order valence-electron chi connectivity index (χ2n) is 6.52. The van der Waals surface area contributed by atoms with Crippen molar-refractivity contribution in [1.82, 2.24) is 25.0 Å². The molecule has 1 saturated heterocycles. The number of hydrogen-bond donors (Lipinski definition) is 1. The summed E-state index contributed by atoms with van der Waals surface area (Å²) in [5, 5.41) is 20.1. The Kier molecular flexibility index (Phi) is 5.11. The van der Waals surface area contributed by atoms with Gasteiger partial charge in [0.15, 0.2) is 5.82 Å². The van der Waals surface area contributed by atoms with Crippen LogP contribution in [0.3, 0.4) is 0 Å². The minimum absolute atomic E-state index is 0.0413. The van der Waals surface area contributed by atoms with Crippen molar-refractivity contribution in [2.24, 2.45) is 5.92 Å². The highest BCUT2D eigenvalue weighted by molar-refractivity contribution is 5.74. The third kappa shape index (κ3) is 3.81. The standard InChI is InChI=1S/C16H24N6O/c17-9-13-5-4-8-21(11-13)16(23)18-10-15-20-19-12-22(15)14-6-2-1-3-7-14/h12-14H,1-8,10-11H2,(H,18,23)/t13-/m1/s1. The number of aromatic nitrogens is 3. The molecule has 1 aromatic heterocycles. The van der Waals surface area contributed by atoms with Crippen LogP contribution in [-0.4, -0.2) is 38.8 Å². The molecular weight excluding hydrogens is 292 g/mol. The number of carbonyl (C=O) groups excluding carboxylic acids is 1. The highest BCUT2D eigenvalue weighted by atomic mass is 16.2. The van der Waals surface area contributed by atoms with Gasteiger partial charge in [-0.1, -0.05) is 19.3 Å². The molecule has 3 rings (SSSR count). The molecule has 2 fully saturated rings. The molecule has 1 N–H and O–H groups in total. The number of nitriles is 1. The molecular formula is C16H24N6O. The van der Waals surface area contributed by atoms with E-state index in [1.54, 1.807) is 11.2 Å². The molecule has 1 saturated carbocycles. The Hall–Kier alpha value is -2.10. The summed E-state index contributed by atoms with van der Waals surface area (Å²) in [5.74, 6) is 0.777. The van der Waals surface area contributed by atoms with E-state index in [0.29, 0.717) is 19.1 Å². The number of nitrogens with one attached hydrogen (secondary N) is 1. The Balaban J connectivity index is 1.55. The van der Waals surface area contributed by atoms with Crippen molar-refractivity contribution < 1.29 is 4.79 Å². The minimum Gasteiger partial charge on any atom is -0.331 e. The average Bonchev–Trinajstić information content (AvgIpc) is 3.09. The largest absolute Gasteiger partial charge is 0.331 e. The molecule has 0 radical (unpaired) electrons. The summed E-state index contributed by atoms with van der Waals surface area (Å²) in [5.41, 5.74) is 0. The molecule has 7 heteroatoms. The third-order valence-corrected chi connectivity index (χ3v) is 4.90. The first-order valence-corrected chi connectivity index (χ1v) is 8.58. The van der Waals surface area contributed by atoms with Gasteiger partial charge in [-0.05, 0) is 25.7 Å². The van der Waals surface area contributed by atoms with Crippen LogP contribution >= 0.6 is 0 Å². The number of hydrogen-bond acceptors (Lipinski definition) is 4. The third-order valence-electron chi connectivity index (χ3n) is 4.90. The smallest absolute Gasteiger partial charge is 0.317 e. The van der Waals surface area contributed by atoms with Gasteiger partial charge in [-0.25, -0.2) is 4.79 Å². The fourth-order valence-electron chi connectivity index (χ4n) is 3.59. The summed E-state index contributed by atoms with van der Waals surface area (Å²) in [4.78, 5) is 14.0. The number of amides is 2. The van der Waals surface area contributed by atoms with E-state index in [9.17, 15) is 4.79 Å². The van der Waals surface area contributed by atoms with Crippen LogP contribution in [0.1, 0.15) is 56.8 Å². The maximum atomic E-state index is 12.3. The number of nitrogens with zero attached hydrogens (tertiary/aromatic N) is 5. The van der Waals surface area contributed by atoms with E-state index in [0.717, 1.165) is 38.1 Å². The zero-order chi connectivity index (χ0) is 16.1. The van der Waals surface area contributed by atoms with Crippen LogP contribution in [0.4, 0.5) is 4.79 Å². The molecule has 124 valence electrons. The summed E-state index contributed by atoms with van der Waals surface area (Å²) in [6, 6.07) is 2.62. The van der Waals surface area contributed by atoms with Crippen molar-refractivity contribution in [3.05, 3.63) is 12.2 Å². The van der Waals surface area contributed by atoms with E-state index in [-0.39, 0.29) is 11.9 Å². The Labute approximate surface area is 136 Å². The second kappa shape index (κ2) is 7.44. The van der Waals surface area contributed by atoms with E-state index >= 15 is 0 Å². The first kappa shape index (κ1) is 15.8. The van der Waals surface area contributed by atoms with Crippen molar-refractivity contribution in [3.63, 3.8) is 0 Å². The predicted molar refractivity (Wildman–Crippen MR) is 84.3 cm³/mol. The van der Waals surface area contributed by atoms with Crippen molar-refractivity contribution in [3.8, 4) is 6.07 Å². The minimum atomic E-state index is -0.108. The molecule has 1 aromatic rings. The molecule has 0 unspecified atom stereocenters. The molecule has 23 heavy (non-hydrogen) atoms. The summed E-state index contributed by atoms with van der Waals surface area (Å²) >= 11 is 0. The van der Waals surface area contributed by atoms with E-state index in [1.165, 1.54) is 19.3 Å². The van der Waals surface area contributed by atoms with Crippen molar-refractivity contribution >= 4 is 6.03 Å². The van der Waals surface area contributed by atoms with Gasteiger partial charge >= 0.3 is 6.03 Å². The topological polar surface area (TPSA) is 86.8 Å². The van der Waals surface area contributed by atoms with Gasteiger partial charge in [-0.3, -0.25) is 0 Å². The molecule has 0 bridgehead atoms. The Morgan fingerprint density at radius 3 is 2.91 bits per heavy atom. The van der Waals surface area contributed by atoms with Gasteiger partial charge < -0.3 is 14.8 Å². The lowest BCUT2D eigenvalue weighted by Crippen LogP contribution is -2.45. The first-order chi connectivity index (χ1) is 11.3. The predicted octanol–water partition coefficient (Wildman–Crippen LogP) is 2.23. The fraction of sp³-hybridized carbons (Fsp3) is 0.750. The molecule has 1 aliphatic heterocycles. The average molecular weight is 316 g/mol. The molecule has 0 aromatic carbocycles. The normalized spacial score (nSPS) is 22.6. The van der Waals surface area contributed by atoms with Gasteiger partial charge in [0.2, 0.25) is 0 Å². The number of likely N-dealkylation sites (tertiary alicyclic amines) is 1. The SMILES string of the molecule is N#C[C@H]1CCCN(C(=O)NCc2nncn2C2CCCCC2)C1. The zero-order valence-corrected chi connectivity index (χ0v) is 13.4. The zero-order valence-electron chi connectivity index (χ0n) is 13.4. The quantitative estimate of drug-likeness (QED) is 0.926. The van der Waals surface area contributed by atoms with Crippen LogP contribution in [0.5, 0.6) is 0 Å². The summed E-state index contributed by atoms with van der Waals surface area (Å²) in [6.45, 7) is 1.64. The second-order valence-corrected chi connectivity index (χ2v) is 6.52. The number of rotatable bonds is 3. The monoisotopic (exact) mass is 316 g/mol. The summed E-state index contributed by atoms with van der Waals surface area (Å²) in [6.07, 6.45) is 9.68. The Morgan fingerprint density at radius 2 is 2.13 bits per heavy atom.